The Labute approximate surface area is 249 Å². The van der Waals surface area contributed by atoms with E-state index >= 15 is 0 Å². The summed E-state index contributed by atoms with van der Waals surface area (Å²) in [7, 11) is -6.82. The number of fused-ring (bicyclic) bond motifs is 4. The molecule has 1 spiro atoms. The summed E-state index contributed by atoms with van der Waals surface area (Å²) in [6, 6.07) is 37.0. The van der Waals surface area contributed by atoms with Gasteiger partial charge in [0.05, 0.1) is 44.2 Å². The Kier molecular flexibility index (Phi) is 6.58. The van der Waals surface area contributed by atoms with Crippen LogP contribution in [0.15, 0.2) is 109 Å². The van der Waals surface area contributed by atoms with Crippen LogP contribution in [0.3, 0.4) is 0 Å². The summed E-state index contributed by atoms with van der Waals surface area (Å²) < 4.78 is 51.4. The lowest BCUT2D eigenvalue weighted by Crippen LogP contribution is -2.45. The molecule has 216 valence electrons. The maximum atomic E-state index is 13.7. The standard InChI is InChI=1S/C35H30O6P2/c36-42(19-31-13-5-11-29-15-25-7-1-3-9-27(25)17-33(29)31)38-21-35(22-39-42)23-40-43(37,41-24-35)20-32-14-6-12-30-16-26-8-2-4-10-28(26)18-34(30)32/h1-18H,19-24H2. The van der Waals surface area contributed by atoms with Gasteiger partial charge in [-0.2, -0.15) is 0 Å². The van der Waals surface area contributed by atoms with E-state index in [1.807, 2.05) is 48.5 Å². The van der Waals surface area contributed by atoms with Crippen LogP contribution < -0.4 is 0 Å². The van der Waals surface area contributed by atoms with Crippen LogP contribution in [0, 0.1) is 5.41 Å². The van der Waals surface area contributed by atoms with Gasteiger partial charge in [0.1, 0.15) is 0 Å². The van der Waals surface area contributed by atoms with Crippen LogP contribution in [-0.4, -0.2) is 26.4 Å². The van der Waals surface area contributed by atoms with E-state index in [4.69, 9.17) is 18.1 Å². The van der Waals surface area contributed by atoms with Crippen molar-refractivity contribution >= 4 is 58.3 Å². The van der Waals surface area contributed by atoms with Crippen molar-refractivity contribution in [3.8, 4) is 0 Å². The van der Waals surface area contributed by atoms with Crippen molar-refractivity contribution in [2.45, 2.75) is 12.3 Å². The van der Waals surface area contributed by atoms with Gasteiger partial charge in [0.25, 0.3) is 0 Å². The largest absolute Gasteiger partial charge is 0.335 e. The summed E-state index contributed by atoms with van der Waals surface area (Å²) in [5.41, 5.74) is 1.18. The maximum Gasteiger partial charge on any atom is 0.335 e. The van der Waals surface area contributed by atoms with Crippen LogP contribution in [-0.2, 0) is 39.5 Å². The van der Waals surface area contributed by atoms with Gasteiger partial charge in [0, 0.05) is 0 Å². The molecule has 2 saturated heterocycles. The highest BCUT2D eigenvalue weighted by Crippen LogP contribution is 2.61. The topological polar surface area (TPSA) is 71.1 Å². The molecule has 0 N–H and O–H groups in total. The fourth-order valence-corrected chi connectivity index (χ4v) is 9.99. The molecule has 0 saturated carbocycles. The lowest BCUT2D eigenvalue weighted by Gasteiger charge is -2.43. The van der Waals surface area contributed by atoms with Crippen molar-refractivity contribution in [2.75, 3.05) is 26.4 Å². The molecule has 0 radical (unpaired) electrons. The SMILES string of the molecule is O=P1(Cc2cccc3cc4ccccc4cc23)OCC2(CO1)COP(=O)(Cc1cccc3cc4ccccc4cc13)OC2. The van der Waals surface area contributed by atoms with Gasteiger partial charge < -0.3 is 18.1 Å². The highest BCUT2D eigenvalue weighted by atomic mass is 31.2. The normalized spacial score (nSPS) is 26.0. The molecule has 6 aromatic rings. The smallest absolute Gasteiger partial charge is 0.307 e. The van der Waals surface area contributed by atoms with Crippen LogP contribution in [0.5, 0.6) is 0 Å². The molecule has 0 atom stereocenters. The van der Waals surface area contributed by atoms with E-state index in [0.29, 0.717) is 0 Å². The molecule has 0 aromatic heterocycles. The van der Waals surface area contributed by atoms with Crippen LogP contribution in [0.4, 0.5) is 0 Å². The summed E-state index contributed by atoms with van der Waals surface area (Å²) in [5.74, 6) is 0. The minimum absolute atomic E-state index is 0.151. The summed E-state index contributed by atoms with van der Waals surface area (Å²) in [6.07, 6.45) is 0.351. The molecule has 8 heteroatoms. The van der Waals surface area contributed by atoms with Crippen LogP contribution >= 0.6 is 15.2 Å². The van der Waals surface area contributed by atoms with Gasteiger partial charge in [0.2, 0.25) is 0 Å². The Morgan fingerprint density at radius 1 is 0.465 bits per heavy atom. The van der Waals surface area contributed by atoms with Gasteiger partial charge in [-0.15, -0.1) is 0 Å². The molecule has 8 rings (SSSR count). The molecule has 0 unspecified atom stereocenters. The molecular formula is C35H30O6P2. The summed E-state index contributed by atoms with van der Waals surface area (Å²) >= 11 is 0. The van der Waals surface area contributed by atoms with E-state index in [0.717, 1.165) is 54.2 Å². The summed E-state index contributed by atoms with van der Waals surface area (Å²) in [5, 5.41) is 8.82. The number of benzene rings is 6. The summed E-state index contributed by atoms with van der Waals surface area (Å²) in [6.45, 7) is 0.604. The Bertz CT molecular complexity index is 1960. The maximum absolute atomic E-state index is 13.7. The number of hydrogen-bond acceptors (Lipinski definition) is 6. The van der Waals surface area contributed by atoms with Gasteiger partial charge in [-0.05, 0) is 78.5 Å². The van der Waals surface area contributed by atoms with Crippen molar-refractivity contribution < 1.29 is 27.2 Å². The molecule has 6 aromatic carbocycles. The first kappa shape index (κ1) is 27.2. The van der Waals surface area contributed by atoms with E-state index in [9.17, 15) is 9.13 Å². The minimum Gasteiger partial charge on any atom is -0.307 e. The fourth-order valence-electron chi connectivity index (χ4n) is 6.20. The van der Waals surface area contributed by atoms with Gasteiger partial charge in [-0.1, -0.05) is 84.9 Å². The molecule has 2 aliphatic rings. The Hall–Kier alpha value is -3.34. The van der Waals surface area contributed by atoms with Crippen molar-refractivity contribution in [1.29, 1.82) is 0 Å². The van der Waals surface area contributed by atoms with Gasteiger partial charge in [-0.25, -0.2) is 0 Å². The van der Waals surface area contributed by atoms with E-state index in [1.165, 1.54) is 0 Å². The van der Waals surface area contributed by atoms with Crippen LogP contribution in [0.2, 0.25) is 0 Å². The zero-order valence-electron chi connectivity index (χ0n) is 23.5. The Balaban J connectivity index is 0.967. The second-order valence-corrected chi connectivity index (χ2v) is 15.9. The van der Waals surface area contributed by atoms with Crippen molar-refractivity contribution in [1.82, 2.24) is 0 Å². The van der Waals surface area contributed by atoms with E-state index < -0.39 is 20.6 Å². The lowest BCUT2D eigenvalue weighted by atomic mass is 9.93. The first-order valence-corrected chi connectivity index (χ1v) is 17.9. The number of rotatable bonds is 4. The molecule has 2 fully saturated rings. The molecule has 43 heavy (non-hydrogen) atoms. The van der Waals surface area contributed by atoms with Gasteiger partial charge >= 0.3 is 15.2 Å². The first-order chi connectivity index (χ1) is 20.9. The molecule has 0 bridgehead atoms. The zero-order chi connectivity index (χ0) is 29.1. The first-order valence-electron chi connectivity index (χ1n) is 14.5. The van der Waals surface area contributed by atoms with E-state index in [-0.39, 0.29) is 38.8 Å². The molecule has 2 heterocycles. The quantitative estimate of drug-likeness (QED) is 0.147. The highest BCUT2D eigenvalue weighted by Gasteiger charge is 2.48. The van der Waals surface area contributed by atoms with Gasteiger partial charge in [0.15, 0.2) is 0 Å². The van der Waals surface area contributed by atoms with E-state index in [2.05, 4.69) is 60.7 Å². The second-order valence-electron chi connectivity index (χ2n) is 11.8. The molecule has 6 nitrogen and oxygen atoms in total. The molecule has 0 amide bonds. The lowest BCUT2D eigenvalue weighted by molar-refractivity contribution is -0.0689. The molecule has 2 aliphatic heterocycles. The Morgan fingerprint density at radius 3 is 1.21 bits per heavy atom. The average Bonchev–Trinajstić information content (AvgIpc) is 3.03. The van der Waals surface area contributed by atoms with Crippen molar-refractivity contribution in [2.24, 2.45) is 5.41 Å². The fraction of sp³-hybridized carbons (Fsp3) is 0.200. The summed E-state index contributed by atoms with van der Waals surface area (Å²) in [4.78, 5) is 0. The van der Waals surface area contributed by atoms with Crippen LogP contribution in [0.1, 0.15) is 11.1 Å². The highest BCUT2D eigenvalue weighted by molar-refractivity contribution is 7.53. The third-order valence-corrected chi connectivity index (χ3v) is 12.2. The van der Waals surface area contributed by atoms with E-state index in [1.54, 1.807) is 0 Å². The minimum atomic E-state index is -3.41. The van der Waals surface area contributed by atoms with Crippen molar-refractivity contribution in [3.05, 3.63) is 120 Å². The third kappa shape index (κ3) is 5.13. The van der Waals surface area contributed by atoms with Crippen LogP contribution in [0.25, 0.3) is 43.1 Å². The predicted molar refractivity (Wildman–Crippen MR) is 172 cm³/mol. The predicted octanol–water partition coefficient (Wildman–Crippen LogP) is 9.47. The average molecular weight is 609 g/mol. The Morgan fingerprint density at radius 2 is 0.814 bits per heavy atom. The molecule has 0 aliphatic carbocycles. The van der Waals surface area contributed by atoms with Gasteiger partial charge in [-0.3, -0.25) is 9.13 Å². The monoisotopic (exact) mass is 608 g/mol. The zero-order valence-corrected chi connectivity index (χ0v) is 25.3. The third-order valence-electron chi connectivity index (χ3n) is 8.67. The second kappa shape index (κ2) is 10.4. The molecular weight excluding hydrogens is 578 g/mol. The van der Waals surface area contributed by atoms with Crippen molar-refractivity contribution in [3.63, 3.8) is 0 Å². The number of hydrogen-bond donors (Lipinski definition) is 0.